The third-order valence-corrected chi connectivity index (χ3v) is 4.25. The summed E-state index contributed by atoms with van der Waals surface area (Å²) in [6, 6.07) is 1.67. The Bertz CT molecular complexity index is 218. The molecule has 2 rings (SSSR count). The van der Waals surface area contributed by atoms with E-state index >= 15 is 0 Å². The number of likely N-dealkylation sites (N-methyl/N-ethyl adjacent to an activating group) is 1. The Labute approximate surface area is 107 Å². The van der Waals surface area contributed by atoms with E-state index in [9.17, 15) is 0 Å². The third-order valence-electron chi connectivity index (χ3n) is 4.25. The van der Waals surface area contributed by atoms with Gasteiger partial charge in [-0.1, -0.05) is 20.8 Å². The van der Waals surface area contributed by atoms with Crippen LogP contribution in [0.5, 0.6) is 0 Å². The van der Waals surface area contributed by atoms with Gasteiger partial charge in [-0.15, -0.1) is 0 Å². The predicted molar refractivity (Wildman–Crippen MR) is 73.3 cm³/mol. The van der Waals surface area contributed by atoms with Crippen molar-refractivity contribution in [1.82, 2.24) is 15.1 Å². The van der Waals surface area contributed by atoms with Crippen LogP contribution in [-0.2, 0) is 0 Å². The van der Waals surface area contributed by atoms with Crippen molar-refractivity contribution in [3.05, 3.63) is 0 Å². The minimum Gasteiger partial charge on any atom is -0.315 e. The van der Waals surface area contributed by atoms with Gasteiger partial charge in [0.05, 0.1) is 0 Å². The molecule has 0 aromatic rings. The second-order valence-corrected chi connectivity index (χ2v) is 5.92. The van der Waals surface area contributed by atoms with E-state index < -0.39 is 0 Å². The first-order chi connectivity index (χ1) is 8.22. The highest BCUT2D eigenvalue weighted by Gasteiger charge is 2.33. The van der Waals surface area contributed by atoms with Gasteiger partial charge in [0.25, 0.3) is 0 Å². The third kappa shape index (κ3) is 3.67. The summed E-state index contributed by atoms with van der Waals surface area (Å²) in [5, 5.41) is 3.52. The van der Waals surface area contributed by atoms with Crippen LogP contribution in [-0.4, -0.2) is 61.2 Å². The molecule has 17 heavy (non-hydrogen) atoms. The molecule has 1 saturated heterocycles. The lowest BCUT2D eigenvalue weighted by Crippen LogP contribution is -2.54. The number of nitrogens with one attached hydrogen (secondary N) is 1. The highest BCUT2D eigenvalue weighted by molar-refractivity contribution is 4.89. The zero-order valence-corrected chi connectivity index (χ0v) is 11.8. The Morgan fingerprint density at radius 1 is 1.12 bits per heavy atom. The number of hydrogen-bond donors (Lipinski definition) is 1. The van der Waals surface area contributed by atoms with Gasteiger partial charge in [0, 0.05) is 44.8 Å². The largest absolute Gasteiger partial charge is 0.315 e. The number of piperazine rings is 1. The Morgan fingerprint density at radius 3 is 2.24 bits per heavy atom. The second kappa shape index (κ2) is 6.17. The van der Waals surface area contributed by atoms with Crippen LogP contribution >= 0.6 is 0 Å². The van der Waals surface area contributed by atoms with Crippen molar-refractivity contribution >= 4 is 0 Å². The molecule has 2 fully saturated rings. The Kier molecular flexibility index (Phi) is 4.83. The Morgan fingerprint density at radius 2 is 1.76 bits per heavy atom. The lowest BCUT2D eigenvalue weighted by Gasteiger charge is -2.41. The predicted octanol–water partition coefficient (Wildman–Crippen LogP) is 1.40. The molecule has 0 spiro atoms. The molecular weight excluding hydrogens is 210 g/mol. The van der Waals surface area contributed by atoms with Crippen LogP contribution in [0.2, 0.25) is 0 Å². The Hall–Kier alpha value is -0.120. The van der Waals surface area contributed by atoms with Crippen LogP contribution in [0, 0.1) is 5.92 Å². The summed E-state index contributed by atoms with van der Waals surface area (Å²) in [5.74, 6) is 0.751. The van der Waals surface area contributed by atoms with Gasteiger partial charge in [0.15, 0.2) is 0 Å². The molecule has 1 aliphatic carbocycles. The van der Waals surface area contributed by atoms with Crippen LogP contribution in [0.4, 0.5) is 0 Å². The molecule has 1 saturated carbocycles. The molecule has 1 aliphatic heterocycles. The van der Waals surface area contributed by atoms with Gasteiger partial charge >= 0.3 is 0 Å². The minimum absolute atomic E-state index is 0.719. The van der Waals surface area contributed by atoms with E-state index in [0.717, 1.165) is 31.1 Å². The van der Waals surface area contributed by atoms with Gasteiger partial charge in [-0.2, -0.15) is 0 Å². The highest BCUT2D eigenvalue weighted by atomic mass is 15.3. The summed E-state index contributed by atoms with van der Waals surface area (Å²) in [6.45, 7) is 14.3. The van der Waals surface area contributed by atoms with E-state index in [4.69, 9.17) is 0 Å². The fourth-order valence-electron chi connectivity index (χ4n) is 2.95. The topological polar surface area (TPSA) is 18.5 Å². The SMILES string of the molecule is CCNCC(C(C)C)N1CCN(C2CC2)CC1. The molecular formula is C14H29N3. The van der Waals surface area contributed by atoms with Gasteiger partial charge < -0.3 is 5.32 Å². The summed E-state index contributed by atoms with van der Waals surface area (Å²) < 4.78 is 0. The summed E-state index contributed by atoms with van der Waals surface area (Å²) >= 11 is 0. The molecule has 0 aromatic carbocycles. The van der Waals surface area contributed by atoms with Crippen molar-refractivity contribution in [3.8, 4) is 0 Å². The van der Waals surface area contributed by atoms with E-state index in [1.165, 1.54) is 39.0 Å². The first kappa shape index (κ1) is 13.3. The average Bonchev–Trinajstić information content (AvgIpc) is 3.14. The summed E-state index contributed by atoms with van der Waals surface area (Å²) in [4.78, 5) is 5.40. The summed E-state index contributed by atoms with van der Waals surface area (Å²) in [7, 11) is 0. The highest BCUT2D eigenvalue weighted by Crippen LogP contribution is 2.28. The standard InChI is InChI=1S/C14H29N3/c1-4-15-11-14(12(2)3)17-9-7-16(8-10-17)13-5-6-13/h12-15H,4-11H2,1-3H3. The quantitative estimate of drug-likeness (QED) is 0.756. The van der Waals surface area contributed by atoms with Crippen molar-refractivity contribution in [2.45, 2.75) is 45.7 Å². The number of rotatable bonds is 6. The number of hydrogen-bond acceptors (Lipinski definition) is 3. The molecule has 0 amide bonds. The maximum absolute atomic E-state index is 3.52. The molecule has 1 N–H and O–H groups in total. The maximum Gasteiger partial charge on any atom is 0.0244 e. The Balaban J connectivity index is 1.78. The molecule has 3 heteroatoms. The lowest BCUT2D eigenvalue weighted by molar-refractivity contribution is 0.0723. The van der Waals surface area contributed by atoms with Crippen molar-refractivity contribution in [2.24, 2.45) is 5.92 Å². The smallest absolute Gasteiger partial charge is 0.0244 e. The lowest BCUT2D eigenvalue weighted by atomic mass is 10.0. The van der Waals surface area contributed by atoms with Gasteiger partial charge in [0.1, 0.15) is 0 Å². The van der Waals surface area contributed by atoms with Crippen molar-refractivity contribution in [2.75, 3.05) is 39.3 Å². The van der Waals surface area contributed by atoms with E-state index in [-0.39, 0.29) is 0 Å². The first-order valence-electron chi connectivity index (χ1n) is 7.41. The minimum atomic E-state index is 0.719. The van der Waals surface area contributed by atoms with E-state index in [1.807, 2.05) is 0 Å². The van der Waals surface area contributed by atoms with Crippen molar-refractivity contribution < 1.29 is 0 Å². The molecule has 3 nitrogen and oxygen atoms in total. The second-order valence-electron chi connectivity index (χ2n) is 5.92. The summed E-state index contributed by atoms with van der Waals surface area (Å²) in [6.07, 6.45) is 2.90. The van der Waals surface area contributed by atoms with Gasteiger partial charge in [-0.25, -0.2) is 0 Å². The van der Waals surface area contributed by atoms with Crippen LogP contribution in [0.1, 0.15) is 33.6 Å². The zero-order valence-electron chi connectivity index (χ0n) is 11.8. The maximum atomic E-state index is 3.52. The van der Waals surface area contributed by atoms with E-state index in [2.05, 4.69) is 35.9 Å². The molecule has 0 radical (unpaired) electrons. The zero-order chi connectivity index (χ0) is 12.3. The average molecular weight is 239 g/mol. The molecule has 1 atom stereocenters. The van der Waals surface area contributed by atoms with E-state index in [0.29, 0.717) is 0 Å². The normalized spacial score (nSPS) is 25.4. The van der Waals surface area contributed by atoms with Crippen molar-refractivity contribution in [3.63, 3.8) is 0 Å². The van der Waals surface area contributed by atoms with Crippen LogP contribution < -0.4 is 5.32 Å². The van der Waals surface area contributed by atoms with Crippen LogP contribution in [0.25, 0.3) is 0 Å². The molecule has 0 aromatic heterocycles. The van der Waals surface area contributed by atoms with Gasteiger partial charge in [-0.3, -0.25) is 9.80 Å². The molecule has 1 unspecified atom stereocenters. The van der Waals surface area contributed by atoms with Crippen molar-refractivity contribution in [1.29, 1.82) is 0 Å². The van der Waals surface area contributed by atoms with Gasteiger partial charge in [-0.05, 0) is 25.3 Å². The number of nitrogens with zero attached hydrogens (tertiary/aromatic N) is 2. The monoisotopic (exact) mass is 239 g/mol. The molecule has 2 aliphatic rings. The van der Waals surface area contributed by atoms with Crippen LogP contribution in [0.3, 0.4) is 0 Å². The van der Waals surface area contributed by atoms with Gasteiger partial charge in [0.2, 0.25) is 0 Å². The fourth-order valence-corrected chi connectivity index (χ4v) is 2.95. The van der Waals surface area contributed by atoms with E-state index in [1.54, 1.807) is 0 Å². The fraction of sp³-hybridized carbons (Fsp3) is 1.00. The summed E-state index contributed by atoms with van der Waals surface area (Å²) in [5.41, 5.74) is 0. The van der Waals surface area contributed by atoms with Crippen LogP contribution in [0.15, 0.2) is 0 Å². The first-order valence-corrected chi connectivity index (χ1v) is 7.41. The molecule has 1 heterocycles. The molecule has 100 valence electrons. The molecule has 0 bridgehead atoms.